The highest BCUT2D eigenvalue weighted by Gasteiger charge is 2.12. The number of esters is 8. The lowest BCUT2D eigenvalue weighted by Gasteiger charge is -1.98. The third kappa shape index (κ3) is 25.1. The Morgan fingerprint density at radius 3 is 0.778 bits per heavy atom. The van der Waals surface area contributed by atoms with Crippen LogP contribution in [0, 0.1) is 0 Å². The fourth-order valence-electron chi connectivity index (χ4n) is 1.38. The van der Waals surface area contributed by atoms with E-state index < -0.39 is 66.1 Å². The first-order valence-electron chi connectivity index (χ1n) is 11.7. The number of ether oxygens (including phenoxy) is 4. The van der Waals surface area contributed by atoms with Crippen LogP contribution in [0.1, 0.15) is 34.1 Å². The number of hydrogen-bond acceptors (Lipinski definition) is 14. The second kappa shape index (κ2) is 22.3. The summed E-state index contributed by atoms with van der Waals surface area (Å²) in [4.78, 5) is 107. The number of aliphatic carboxylic acids is 2. The molecule has 242 valence electrons. The minimum atomic E-state index is -1.27. The molecule has 0 aliphatic heterocycles. The van der Waals surface area contributed by atoms with Gasteiger partial charge in [-0.05, 0) is 27.7 Å². The van der Waals surface area contributed by atoms with Gasteiger partial charge in [-0.1, -0.05) is 32.9 Å². The van der Waals surface area contributed by atoms with Gasteiger partial charge in [0.25, 0.3) is 0 Å². The van der Waals surface area contributed by atoms with Crippen LogP contribution in [-0.2, 0) is 66.9 Å². The Kier molecular flexibility index (Phi) is 21.4. The van der Waals surface area contributed by atoms with Crippen molar-refractivity contribution in [2.24, 2.45) is 0 Å². The smallest absolute Gasteiger partial charge is 0.340 e. The van der Waals surface area contributed by atoms with Gasteiger partial charge in [0.2, 0.25) is 0 Å². The van der Waals surface area contributed by atoms with E-state index in [0.29, 0.717) is 24.3 Å². The SMILES string of the molecule is C=C(C)C(=O)OC(=O)/C=C\C(=O)OC(=O)C(=C)C.C=C(C)C(=O)OC(=O)/C=C\C(=O)OC(=O)C(=C)C.C=C(CC(=O)O)C(=O)O. The Bertz CT molecular complexity index is 1210. The van der Waals surface area contributed by atoms with Crippen LogP contribution >= 0.6 is 0 Å². The molecule has 16 nitrogen and oxygen atoms in total. The quantitative estimate of drug-likeness (QED) is 0.142. The Morgan fingerprint density at radius 2 is 0.667 bits per heavy atom. The summed E-state index contributed by atoms with van der Waals surface area (Å²) in [5.41, 5.74) is -0.148. The van der Waals surface area contributed by atoms with Crippen LogP contribution in [0.5, 0.6) is 0 Å². The molecule has 0 spiro atoms. The molecule has 0 aliphatic rings. The molecule has 0 saturated carbocycles. The Hall–Kier alpha value is -6.32. The van der Waals surface area contributed by atoms with E-state index in [-0.39, 0.29) is 27.9 Å². The summed E-state index contributed by atoms with van der Waals surface area (Å²) < 4.78 is 17.0. The minimum absolute atomic E-state index is 0.0387. The van der Waals surface area contributed by atoms with Crippen molar-refractivity contribution in [3.05, 3.63) is 85.1 Å². The van der Waals surface area contributed by atoms with Crippen molar-refractivity contribution in [3.8, 4) is 0 Å². The van der Waals surface area contributed by atoms with E-state index in [1.165, 1.54) is 27.7 Å². The van der Waals surface area contributed by atoms with Crippen LogP contribution in [0.3, 0.4) is 0 Å². The lowest BCUT2D eigenvalue weighted by Crippen LogP contribution is -2.13. The summed E-state index contributed by atoms with van der Waals surface area (Å²) >= 11 is 0. The Balaban J connectivity index is -0.000000622. The van der Waals surface area contributed by atoms with Gasteiger partial charge in [0, 0.05) is 52.2 Å². The Labute approximate surface area is 256 Å². The molecule has 0 radical (unpaired) electrons. The highest BCUT2D eigenvalue weighted by atomic mass is 16.6. The largest absolute Gasteiger partial charge is 0.481 e. The van der Waals surface area contributed by atoms with Gasteiger partial charge in [0.15, 0.2) is 0 Å². The number of carboxylic acids is 2. The van der Waals surface area contributed by atoms with Gasteiger partial charge in [0.1, 0.15) is 0 Å². The fraction of sp³-hybridized carbons (Fsp3) is 0.172. The van der Waals surface area contributed by atoms with Crippen LogP contribution in [0.4, 0.5) is 0 Å². The van der Waals surface area contributed by atoms with Crippen molar-refractivity contribution in [1.82, 2.24) is 0 Å². The molecule has 16 heteroatoms. The molecule has 0 rings (SSSR count). The standard InChI is InChI=1S/2C12H12O6.C5H6O4/c2*1-7(2)11(15)17-9(13)5-6-10(14)18-12(16)8(3)4;1-3(5(8)9)2-4(6)7/h2*5-6H,1,3H2,2,4H3;1-2H2,(H,6,7)(H,8,9)/b2*6-5-;. The topological polar surface area (TPSA) is 248 Å². The Morgan fingerprint density at radius 1 is 0.467 bits per heavy atom. The average molecular weight is 635 g/mol. The number of carboxylic acid groups (broad SMARTS) is 2. The molecule has 0 fully saturated rings. The van der Waals surface area contributed by atoms with E-state index in [0.717, 1.165) is 0 Å². The van der Waals surface area contributed by atoms with Crippen LogP contribution in [-0.4, -0.2) is 69.9 Å². The van der Waals surface area contributed by atoms with Gasteiger partial charge in [-0.2, -0.15) is 0 Å². The number of carbonyl (C=O) groups is 10. The lowest BCUT2D eigenvalue weighted by atomic mass is 10.2. The first-order chi connectivity index (χ1) is 20.5. The third-order valence-corrected chi connectivity index (χ3v) is 3.55. The molecule has 0 atom stereocenters. The number of carbonyl (C=O) groups excluding carboxylic acids is 8. The molecular weight excluding hydrogens is 604 g/mol. The molecular formula is C29H30O16. The van der Waals surface area contributed by atoms with Crippen molar-refractivity contribution < 1.29 is 77.1 Å². The predicted octanol–water partition coefficient (Wildman–Crippen LogP) is 1.77. The fourth-order valence-corrected chi connectivity index (χ4v) is 1.38. The van der Waals surface area contributed by atoms with Crippen molar-refractivity contribution in [2.45, 2.75) is 34.1 Å². The van der Waals surface area contributed by atoms with Crippen LogP contribution in [0.15, 0.2) is 85.1 Å². The molecule has 0 saturated heterocycles. The summed E-state index contributed by atoms with van der Waals surface area (Å²) in [5, 5.41) is 16.1. The third-order valence-electron chi connectivity index (χ3n) is 3.55. The number of hydrogen-bond donors (Lipinski definition) is 2. The molecule has 45 heavy (non-hydrogen) atoms. The first-order valence-corrected chi connectivity index (χ1v) is 11.7. The average Bonchev–Trinajstić information content (AvgIpc) is 2.90. The van der Waals surface area contributed by atoms with E-state index in [1.807, 2.05) is 0 Å². The van der Waals surface area contributed by atoms with Gasteiger partial charge in [-0.15, -0.1) is 0 Å². The van der Waals surface area contributed by atoms with E-state index in [4.69, 9.17) is 10.2 Å². The molecule has 0 amide bonds. The monoisotopic (exact) mass is 634 g/mol. The van der Waals surface area contributed by atoms with Crippen LogP contribution < -0.4 is 0 Å². The second-order valence-electron chi connectivity index (χ2n) is 8.10. The zero-order valence-corrected chi connectivity index (χ0v) is 24.7. The van der Waals surface area contributed by atoms with E-state index in [9.17, 15) is 47.9 Å². The van der Waals surface area contributed by atoms with Gasteiger partial charge in [-0.25, -0.2) is 43.2 Å². The van der Waals surface area contributed by atoms with Gasteiger partial charge in [0.05, 0.1) is 6.42 Å². The normalized spacial score (nSPS) is 9.42. The van der Waals surface area contributed by atoms with Crippen molar-refractivity contribution in [3.63, 3.8) is 0 Å². The molecule has 2 N–H and O–H groups in total. The molecule has 0 aromatic rings. The molecule has 0 heterocycles. The molecule has 0 aliphatic carbocycles. The number of rotatable bonds is 11. The maximum absolute atomic E-state index is 11.0. The first kappa shape index (κ1) is 43.1. The highest BCUT2D eigenvalue weighted by molar-refractivity contribution is 6.04. The maximum atomic E-state index is 11.0. The molecule has 0 bridgehead atoms. The zero-order valence-electron chi connectivity index (χ0n) is 24.7. The van der Waals surface area contributed by atoms with Crippen LogP contribution in [0.2, 0.25) is 0 Å². The summed E-state index contributed by atoms with van der Waals surface area (Å²) in [6.07, 6.45) is 2.14. The summed E-state index contributed by atoms with van der Waals surface area (Å²) in [6.45, 7) is 21.5. The predicted molar refractivity (Wildman–Crippen MR) is 151 cm³/mol. The highest BCUT2D eigenvalue weighted by Crippen LogP contribution is 1.98. The zero-order chi connectivity index (χ0) is 36.0. The van der Waals surface area contributed by atoms with Gasteiger partial charge in [-0.3, -0.25) is 4.79 Å². The molecule has 0 aromatic carbocycles. The minimum Gasteiger partial charge on any atom is -0.481 e. The molecule has 0 aromatic heterocycles. The van der Waals surface area contributed by atoms with Gasteiger partial charge >= 0.3 is 59.7 Å². The van der Waals surface area contributed by atoms with E-state index in [1.54, 1.807) is 0 Å². The van der Waals surface area contributed by atoms with Gasteiger partial charge < -0.3 is 29.2 Å². The van der Waals surface area contributed by atoms with Crippen LogP contribution in [0.25, 0.3) is 0 Å². The van der Waals surface area contributed by atoms with Crippen molar-refractivity contribution in [2.75, 3.05) is 0 Å². The maximum Gasteiger partial charge on any atom is 0.340 e. The second-order valence-corrected chi connectivity index (χ2v) is 8.10. The summed E-state index contributed by atoms with van der Waals surface area (Å²) in [5.74, 6) is -10.3. The van der Waals surface area contributed by atoms with Crippen molar-refractivity contribution >= 4 is 59.7 Å². The summed E-state index contributed by atoms with van der Waals surface area (Å²) in [6, 6.07) is 0. The summed E-state index contributed by atoms with van der Waals surface area (Å²) in [7, 11) is 0. The molecule has 0 unspecified atom stereocenters. The van der Waals surface area contributed by atoms with E-state index >= 15 is 0 Å². The van der Waals surface area contributed by atoms with Crippen molar-refractivity contribution in [1.29, 1.82) is 0 Å². The lowest BCUT2D eigenvalue weighted by molar-refractivity contribution is -0.156. The van der Waals surface area contributed by atoms with E-state index in [2.05, 4.69) is 51.8 Å².